The zero-order chi connectivity index (χ0) is 14.8. The Morgan fingerprint density at radius 2 is 1.95 bits per heavy atom. The third kappa shape index (κ3) is 3.02. The zero-order valence-corrected chi connectivity index (χ0v) is 11.2. The molecule has 7 heteroatoms. The summed E-state index contributed by atoms with van der Waals surface area (Å²) in [6.45, 7) is 3.37. The molecule has 0 saturated carbocycles. The number of amides is 1. The minimum Gasteiger partial charge on any atom is -0.353 e. The first-order valence-corrected chi connectivity index (χ1v) is 6.48. The van der Waals surface area contributed by atoms with Crippen LogP contribution in [0.1, 0.15) is 18.9 Å². The molecule has 2 heterocycles. The van der Waals surface area contributed by atoms with Gasteiger partial charge in [-0.2, -0.15) is 13.2 Å². The lowest BCUT2D eigenvalue weighted by atomic mass is 10.2. The van der Waals surface area contributed by atoms with Crippen molar-refractivity contribution in [1.82, 2.24) is 9.88 Å². The first kappa shape index (κ1) is 14.6. The fourth-order valence-electron chi connectivity index (χ4n) is 2.26. The van der Waals surface area contributed by atoms with E-state index >= 15 is 0 Å². The number of halogens is 3. The number of hydrogen-bond acceptors (Lipinski definition) is 3. The largest absolute Gasteiger partial charge is 0.419 e. The monoisotopic (exact) mass is 287 g/mol. The molecular weight excluding hydrogens is 271 g/mol. The van der Waals surface area contributed by atoms with Crippen LogP contribution in [0.15, 0.2) is 18.3 Å². The second kappa shape index (κ2) is 5.68. The molecular formula is C13H16F3N3O. The summed E-state index contributed by atoms with van der Waals surface area (Å²) in [4.78, 5) is 18.7. The molecule has 0 unspecified atom stereocenters. The van der Waals surface area contributed by atoms with E-state index in [1.807, 2.05) is 0 Å². The lowest BCUT2D eigenvalue weighted by Crippen LogP contribution is -2.49. The molecule has 0 N–H and O–H groups in total. The molecule has 1 aliphatic heterocycles. The van der Waals surface area contributed by atoms with Crippen molar-refractivity contribution in [2.45, 2.75) is 19.5 Å². The van der Waals surface area contributed by atoms with Crippen LogP contribution in [0.5, 0.6) is 0 Å². The number of piperazine rings is 1. The fourth-order valence-corrected chi connectivity index (χ4v) is 2.26. The topological polar surface area (TPSA) is 36.4 Å². The maximum Gasteiger partial charge on any atom is 0.419 e. The summed E-state index contributed by atoms with van der Waals surface area (Å²) >= 11 is 0. The number of nitrogens with zero attached hydrogens (tertiary/aromatic N) is 3. The Kier molecular flexibility index (Phi) is 4.15. The molecule has 1 aliphatic rings. The molecule has 2 rings (SSSR count). The molecule has 0 atom stereocenters. The van der Waals surface area contributed by atoms with Crippen LogP contribution in [-0.4, -0.2) is 42.0 Å². The van der Waals surface area contributed by atoms with Gasteiger partial charge in [-0.3, -0.25) is 4.79 Å². The van der Waals surface area contributed by atoms with Gasteiger partial charge in [-0.25, -0.2) is 4.98 Å². The van der Waals surface area contributed by atoms with Crippen molar-refractivity contribution in [3.63, 3.8) is 0 Å². The van der Waals surface area contributed by atoms with Crippen molar-refractivity contribution in [2.24, 2.45) is 0 Å². The minimum atomic E-state index is -4.42. The Bertz CT molecular complexity index is 482. The average molecular weight is 287 g/mol. The first-order chi connectivity index (χ1) is 9.43. The average Bonchev–Trinajstić information content (AvgIpc) is 2.46. The summed E-state index contributed by atoms with van der Waals surface area (Å²) in [6.07, 6.45) is -2.65. The lowest BCUT2D eigenvalue weighted by Gasteiger charge is -2.36. The maximum absolute atomic E-state index is 12.9. The smallest absolute Gasteiger partial charge is 0.353 e. The normalized spacial score (nSPS) is 16.4. The van der Waals surface area contributed by atoms with Gasteiger partial charge in [0.25, 0.3) is 0 Å². The Balaban J connectivity index is 2.13. The molecule has 1 saturated heterocycles. The second-order valence-corrected chi connectivity index (χ2v) is 4.59. The van der Waals surface area contributed by atoms with Crippen LogP contribution in [0.4, 0.5) is 19.0 Å². The van der Waals surface area contributed by atoms with Crippen LogP contribution in [0.25, 0.3) is 0 Å². The highest BCUT2D eigenvalue weighted by molar-refractivity contribution is 5.76. The Labute approximate surface area is 115 Å². The molecule has 0 aliphatic carbocycles. The van der Waals surface area contributed by atoms with Crippen molar-refractivity contribution < 1.29 is 18.0 Å². The van der Waals surface area contributed by atoms with Crippen molar-refractivity contribution in [1.29, 1.82) is 0 Å². The fraction of sp³-hybridized carbons (Fsp3) is 0.538. The lowest BCUT2D eigenvalue weighted by molar-refractivity contribution is -0.137. The summed E-state index contributed by atoms with van der Waals surface area (Å²) in [7, 11) is 0. The van der Waals surface area contributed by atoms with Gasteiger partial charge in [-0.05, 0) is 12.1 Å². The number of carbonyl (C=O) groups is 1. The number of aromatic nitrogens is 1. The van der Waals surface area contributed by atoms with E-state index in [0.717, 1.165) is 6.07 Å². The highest BCUT2D eigenvalue weighted by Crippen LogP contribution is 2.35. The van der Waals surface area contributed by atoms with Gasteiger partial charge in [0.2, 0.25) is 5.91 Å². The Morgan fingerprint density at radius 1 is 1.30 bits per heavy atom. The van der Waals surface area contributed by atoms with Crippen molar-refractivity contribution in [3.05, 3.63) is 23.9 Å². The third-order valence-corrected chi connectivity index (χ3v) is 3.33. The van der Waals surface area contributed by atoms with Gasteiger partial charge < -0.3 is 9.80 Å². The predicted molar refractivity (Wildman–Crippen MR) is 68.3 cm³/mol. The van der Waals surface area contributed by atoms with Gasteiger partial charge >= 0.3 is 6.18 Å². The summed E-state index contributed by atoms with van der Waals surface area (Å²) in [5.74, 6) is -0.0229. The standard InChI is InChI=1S/C13H16F3N3O/c1-2-11(20)18-6-8-19(9-7-18)12-10(13(14,15)16)4-3-5-17-12/h3-5H,2,6-9H2,1H3. The van der Waals surface area contributed by atoms with E-state index in [9.17, 15) is 18.0 Å². The van der Waals surface area contributed by atoms with E-state index in [0.29, 0.717) is 32.6 Å². The summed E-state index contributed by atoms with van der Waals surface area (Å²) in [6, 6.07) is 2.31. The van der Waals surface area contributed by atoms with Gasteiger partial charge in [-0.1, -0.05) is 6.92 Å². The first-order valence-electron chi connectivity index (χ1n) is 6.48. The zero-order valence-electron chi connectivity index (χ0n) is 11.2. The van der Waals surface area contributed by atoms with Crippen LogP contribution >= 0.6 is 0 Å². The molecule has 4 nitrogen and oxygen atoms in total. The number of pyridine rings is 1. The molecule has 0 spiro atoms. The molecule has 0 aromatic carbocycles. The Hall–Kier alpha value is -1.79. The SMILES string of the molecule is CCC(=O)N1CCN(c2ncccc2C(F)(F)F)CC1. The molecule has 0 radical (unpaired) electrons. The van der Waals surface area contributed by atoms with Crippen LogP contribution in [0.2, 0.25) is 0 Å². The van der Waals surface area contributed by atoms with Crippen LogP contribution in [0, 0.1) is 0 Å². The second-order valence-electron chi connectivity index (χ2n) is 4.59. The number of carbonyl (C=O) groups excluding carboxylic acids is 1. The van der Waals surface area contributed by atoms with E-state index in [1.165, 1.54) is 12.3 Å². The maximum atomic E-state index is 12.9. The summed E-state index contributed by atoms with van der Waals surface area (Å²) in [5, 5.41) is 0. The molecule has 1 amide bonds. The van der Waals surface area contributed by atoms with Gasteiger partial charge in [0.05, 0.1) is 5.56 Å². The van der Waals surface area contributed by atoms with Crippen LogP contribution < -0.4 is 4.90 Å². The summed E-state index contributed by atoms with van der Waals surface area (Å²) in [5.41, 5.74) is -0.727. The number of hydrogen-bond donors (Lipinski definition) is 0. The Morgan fingerprint density at radius 3 is 2.50 bits per heavy atom. The molecule has 110 valence electrons. The van der Waals surface area contributed by atoms with Crippen molar-refractivity contribution >= 4 is 11.7 Å². The van der Waals surface area contributed by atoms with Gasteiger partial charge in [0, 0.05) is 38.8 Å². The van der Waals surface area contributed by atoms with E-state index in [4.69, 9.17) is 0 Å². The highest BCUT2D eigenvalue weighted by Gasteiger charge is 2.36. The predicted octanol–water partition coefficient (Wildman–Crippen LogP) is 2.16. The van der Waals surface area contributed by atoms with Gasteiger partial charge in [0.15, 0.2) is 0 Å². The van der Waals surface area contributed by atoms with Gasteiger partial charge in [0.1, 0.15) is 5.82 Å². The molecule has 1 fully saturated rings. The minimum absolute atomic E-state index is 0.0294. The molecule has 20 heavy (non-hydrogen) atoms. The summed E-state index contributed by atoms with van der Waals surface area (Å²) < 4.78 is 38.8. The van der Waals surface area contributed by atoms with Crippen LogP contribution in [0.3, 0.4) is 0 Å². The molecule has 1 aromatic heterocycles. The number of anilines is 1. The van der Waals surface area contributed by atoms with E-state index in [1.54, 1.807) is 16.7 Å². The molecule has 1 aromatic rings. The van der Waals surface area contributed by atoms with Crippen molar-refractivity contribution in [2.75, 3.05) is 31.1 Å². The highest BCUT2D eigenvalue weighted by atomic mass is 19.4. The number of alkyl halides is 3. The van der Waals surface area contributed by atoms with E-state index in [2.05, 4.69) is 4.98 Å². The van der Waals surface area contributed by atoms with Crippen molar-refractivity contribution in [3.8, 4) is 0 Å². The van der Waals surface area contributed by atoms with E-state index < -0.39 is 11.7 Å². The quantitative estimate of drug-likeness (QED) is 0.836. The molecule has 0 bridgehead atoms. The van der Waals surface area contributed by atoms with E-state index in [-0.39, 0.29) is 11.7 Å². The van der Waals surface area contributed by atoms with Gasteiger partial charge in [-0.15, -0.1) is 0 Å². The third-order valence-electron chi connectivity index (χ3n) is 3.33. The number of rotatable bonds is 2. The van der Waals surface area contributed by atoms with Crippen LogP contribution in [-0.2, 0) is 11.0 Å².